The summed E-state index contributed by atoms with van der Waals surface area (Å²) >= 11 is 1.54. The molecule has 0 spiro atoms. The van der Waals surface area contributed by atoms with Gasteiger partial charge in [0.25, 0.3) is 0 Å². The molecule has 0 unspecified atom stereocenters. The van der Waals surface area contributed by atoms with Gasteiger partial charge in [-0.05, 0) is 61.3 Å². The lowest BCUT2D eigenvalue weighted by Crippen LogP contribution is -2.56. The molecule has 2 saturated heterocycles. The molecule has 0 radical (unpaired) electrons. The minimum absolute atomic E-state index is 0.0287. The van der Waals surface area contributed by atoms with Gasteiger partial charge in [-0.2, -0.15) is 0 Å². The van der Waals surface area contributed by atoms with E-state index in [9.17, 15) is 44.1 Å². The quantitative estimate of drug-likeness (QED) is 0.0364. The van der Waals surface area contributed by atoms with Crippen LogP contribution in [-0.2, 0) is 72.0 Å². The Hall–Kier alpha value is -5.89. The van der Waals surface area contributed by atoms with E-state index in [0.29, 0.717) is 36.9 Å². The van der Waals surface area contributed by atoms with Crippen LogP contribution < -0.4 is 15.8 Å². The van der Waals surface area contributed by atoms with Crippen LogP contribution in [0.5, 0.6) is 5.75 Å². The molecule has 0 aliphatic carbocycles. The normalized spacial score (nSPS) is 20.8. The Bertz CT molecular complexity index is 2860. The van der Waals surface area contributed by atoms with Crippen LogP contribution in [0.25, 0.3) is 0 Å². The van der Waals surface area contributed by atoms with E-state index in [1.807, 2.05) is 91.0 Å². The smallest absolute Gasteiger partial charge is 0.303 e. The van der Waals surface area contributed by atoms with Gasteiger partial charge in [0.15, 0.2) is 17.6 Å². The molecule has 0 saturated carbocycles. The summed E-state index contributed by atoms with van der Waals surface area (Å²) in [6.45, 7) is 13.9. The first-order chi connectivity index (χ1) is 43.1. The number of ether oxygens (including phenoxy) is 4. The molecule has 506 valence electrons. The number of carbonyl (C=O) groups is 8. The number of aliphatic hydroxyl groups excluding tert-OH is 3. The van der Waals surface area contributed by atoms with Crippen molar-refractivity contribution in [3.05, 3.63) is 81.8 Å². The van der Waals surface area contributed by atoms with Crippen molar-refractivity contribution in [1.29, 1.82) is 0 Å². The van der Waals surface area contributed by atoms with Crippen molar-refractivity contribution in [3.8, 4) is 5.75 Å². The van der Waals surface area contributed by atoms with Gasteiger partial charge < -0.3 is 64.7 Å². The maximum Gasteiger partial charge on any atom is 0.303 e. The standard InChI is InChI=1S/C68H102N6O16S/c1-13-42(6)61(57(87-11)36-59(81)73-29-18-22-51(73)65(88-12)43(7)53(77)34-47(66-70-28-30-91-66)31-44-19-15-14-16-20-44)72(8)67(86)49(40(2)3)35-54(78)62(41(4)5)74(9,10)38-45-24-25-56(90-68-64(85)63(84)55(79)39-89-68)46(32-45)33-48(75)21-17-23-52(76)50(37-69)71-58(80)26-27-60(82)83/h14-16,19-20,24-25,28,30,32,40-43,47,49-51,55,57,61-65,68,79,84-85H,13,17-18,21-23,26-27,29,31,33-39,69H2,1-12H3,(H-,71,80,82,83)/p+1/t42-,43-,47+,49-,50-,51-,55+,57+,61-,62-,63-,64+,65+,68-/m0/s1. The highest BCUT2D eigenvalue weighted by atomic mass is 32.1. The number of thiazole rings is 1. The number of rotatable bonds is 39. The zero-order valence-corrected chi connectivity index (χ0v) is 56.3. The Morgan fingerprint density at radius 3 is 2.16 bits per heavy atom. The van der Waals surface area contributed by atoms with Crippen molar-refractivity contribution in [2.75, 3.05) is 55.1 Å². The Morgan fingerprint density at radius 2 is 1.56 bits per heavy atom. The first-order valence-electron chi connectivity index (χ1n) is 32.2. The molecule has 2 fully saturated rings. The van der Waals surface area contributed by atoms with E-state index >= 15 is 9.59 Å². The molecular weight excluding hydrogens is 1190 g/mol. The van der Waals surface area contributed by atoms with E-state index in [-0.39, 0.29) is 140 Å². The van der Waals surface area contributed by atoms with Crippen LogP contribution in [0.15, 0.2) is 60.1 Å². The van der Waals surface area contributed by atoms with Gasteiger partial charge in [0.2, 0.25) is 24.0 Å². The number of hydrogen-bond acceptors (Lipinski definition) is 18. The zero-order valence-electron chi connectivity index (χ0n) is 55.5. The van der Waals surface area contributed by atoms with E-state index in [4.69, 9.17) is 29.8 Å². The van der Waals surface area contributed by atoms with E-state index in [1.165, 1.54) is 11.3 Å². The Balaban J connectivity index is 1.31. The minimum atomic E-state index is -1.64. The summed E-state index contributed by atoms with van der Waals surface area (Å²) in [6.07, 6.45) is -3.59. The lowest BCUT2D eigenvalue weighted by atomic mass is 9.83. The van der Waals surface area contributed by atoms with Gasteiger partial charge >= 0.3 is 5.97 Å². The molecule has 2 aromatic carbocycles. The number of aromatic nitrogens is 1. The van der Waals surface area contributed by atoms with Gasteiger partial charge in [-0.3, -0.25) is 38.4 Å². The fourth-order valence-electron chi connectivity index (χ4n) is 13.4. The molecule has 0 bridgehead atoms. The van der Waals surface area contributed by atoms with Crippen LogP contribution >= 0.6 is 11.3 Å². The number of ketones is 4. The Morgan fingerprint density at radius 1 is 0.857 bits per heavy atom. The number of nitrogens with one attached hydrogen (secondary N) is 1. The molecule has 7 N–H and O–H groups in total. The van der Waals surface area contributed by atoms with E-state index < -0.39 is 90.9 Å². The fraction of sp³-hybridized carbons (Fsp3) is 0.662. The largest absolute Gasteiger partial charge is 0.481 e. The van der Waals surface area contributed by atoms with Crippen molar-refractivity contribution in [3.63, 3.8) is 0 Å². The molecule has 2 aliphatic heterocycles. The number of carbonyl (C=O) groups excluding carboxylic acids is 7. The number of likely N-dealkylation sites (tertiary alicyclic amines) is 1. The minimum Gasteiger partial charge on any atom is -0.481 e. The maximum absolute atomic E-state index is 15.1. The zero-order chi connectivity index (χ0) is 67.4. The second-order valence-electron chi connectivity index (χ2n) is 26.3. The van der Waals surface area contributed by atoms with Crippen LogP contribution in [0.2, 0.25) is 0 Å². The second kappa shape index (κ2) is 36.0. The van der Waals surface area contributed by atoms with Crippen LogP contribution in [0.4, 0.5) is 0 Å². The molecule has 3 amide bonds. The van der Waals surface area contributed by atoms with Gasteiger partial charge in [-0.15, -0.1) is 11.3 Å². The summed E-state index contributed by atoms with van der Waals surface area (Å²) in [6, 6.07) is 12.6. The summed E-state index contributed by atoms with van der Waals surface area (Å²) in [5, 5.41) is 45.6. The average molecular weight is 1290 g/mol. The highest BCUT2D eigenvalue weighted by molar-refractivity contribution is 7.09. The van der Waals surface area contributed by atoms with Crippen molar-refractivity contribution < 1.29 is 82.2 Å². The predicted molar refractivity (Wildman–Crippen MR) is 343 cm³/mol. The van der Waals surface area contributed by atoms with Gasteiger partial charge in [0.1, 0.15) is 42.2 Å². The first kappa shape index (κ1) is 75.8. The summed E-state index contributed by atoms with van der Waals surface area (Å²) < 4.78 is 24.1. The molecule has 3 heterocycles. The highest BCUT2D eigenvalue weighted by Crippen LogP contribution is 2.35. The molecule has 1 aromatic heterocycles. The first-order valence-corrected chi connectivity index (χ1v) is 33.1. The number of hydrogen-bond donors (Lipinski definition) is 6. The fourth-order valence-corrected chi connectivity index (χ4v) is 14.1. The number of carboxylic acid groups (broad SMARTS) is 1. The van der Waals surface area contributed by atoms with E-state index in [0.717, 1.165) is 17.0 Å². The SMILES string of the molecule is CC[C@H](C)[C@@H]([C@@H](CC(=O)N1CCC[C@H]1[C@H](OC)[C@@H](C)C(=O)C[C@@H](Cc1ccccc1)c1nccs1)OC)N(C)C(=O)[C@@H](CC(=O)[C@H](C(C)C)[N+](C)(C)Cc1ccc(O[C@@H]2OC[C@@H](O)[C@H](O)[C@H]2O)c(CC(=O)CCCC(=O)[C@H](CN)NC(=O)CCC(=O)O)c1)C(C)C. The lowest BCUT2D eigenvalue weighted by molar-refractivity contribution is -0.922. The molecular formula is C68H103N6O16S+. The summed E-state index contributed by atoms with van der Waals surface area (Å²) in [7, 11) is 8.74. The van der Waals surface area contributed by atoms with E-state index in [1.54, 1.807) is 50.6 Å². The highest BCUT2D eigenvalue weighted by Gasteiger charge is 2.46. The third-order valence-electron chi connectivity index (χ3n) is 18.4. The molecule has 23 heteroatoms. The molecule has 5 rings (SSSR count). The van der Waals surface area contributed by atoms with Crippen LogP contribution in [-0.4, -0.2) is 203 Å². The number of carboxylic acids is 1. The Kier molecular flexibility index (Phi) is 30.0. The number of aliphatic hydroxyl groups is 3. The topological polar surface area (TPSA) is 312 Å². The number of amides is 3. The van der Waals surface area contributed by atoms with Crippen LogP contribution in [0.1, 0.15) is 147 Å². The van der Waals surface area contributed by atoms with Gasteiger partial charge in [0.05, 0.1) is 68.9 Å². The summed E-state index contributed by atoms with van der Waals surface area (Å²) in [5.41, 5.74) is 7.97. The van der Waals surface area contributed by atoms with Gasteiger partial charge in [-0.1, -0.05) is 85.2 Å². The molecule has 14 atom stereocenters. The number of likely N-dealkylation sites (N-methyl/N-ethyl adjacent to an activating group) is 2. The monoisotopic (exact) mass is 1290 g/mol. The molecule has 3 aromatic rings. The van der Waals surface area contributed by atoms with Gasteiger partial charge in [0, 0.05) is 119 Å². The number of quaternary nitrogens is 1. The van der Waals surface area contributed by atoms with Crippen molar-refractivity contribution in [2.45, 2.75) is 205 Å². The molecule has 22 nitrogen and oxygen atoms in total. The number of Topliss-reactive ketones (excluding diaryl/α,β-unsaturated/α-hetero) is 4. The van der Waals surface area contributed by atoms with Crippen molar-refractivity contribution in [1.82, 2.24) is 20.1 Å². The van der Waals surface area contributed by atoms with Crippen LogP contribution in [0, 0.1) is 29.6 Å². The average Bonchev–Trinajstić information content (AvgIpc) is 1.46. The predicted octanol–water partition coefficient (Wildman–Crippen LogP) is 5.86. The molecule has 2 aliphatic rings. The number of methoxy groups -OCH3 is 2. The number of aliphatic carboxylic acids is 1. The third-order valence-corrected chi connectivity index (χ3v) is 19.3. The van der Waals surface area contributed by atoms with Crippen LogP contribution in [0.3, 0.4) is 0 Å². The number of benzene rings is 2. The maximum atomic E-state index is 15.1. The summed E-state index contributed by atoms with van der Waals surface area (Å²) in [5.74, 6) is -4.82. The van der Waals surface area contributed by atoms with Crippen molar-refractivity contribution in [2.24, 2.45) is 35.3 Å². The molecule has 91 heavy (non-hydrogen) atoms. The number of nitrogens with zero attached hydrogens (tertiary/aromatic N) is 4. The van der Waals surface area contributed by atoms with Crippen molar-refractivity contribution >= 4 is 58.2 Å². The Labute approximate surface area is 541 Å². The lowest BCUT2D eigenvalue weighted by Gasteiger charge is -2.42. The third kappa shape index (κ3) is 21.3. The number of nitrogens with two attached hydrogens (primary N) is 1. The van der Waals surface area contributed by atoms with Gasteiger partial charge in [-0.25, -0.2) is 4.98 Å². The second-order valence-corrected chi connectivity index (χ2v) is 27.2. The van der Waals surface area contributed by atoms with E-state index in [2.05, 4.69) is 22.4 Å². The summed E-state index contributed by atoms with van der Waals surface area (Å²) in [4.78, 5) is 117.